The van der Waals surface area contributed by atoms with Crippen molar-refractivity contribution in [1.82, 2.24) is 4.31 Å². The van der Waals surface area contributed by atoms with Gasteiger partial charge in [-0.3, -0.25) is 0 Å². The van der Waals surface area contributed by atoms with Crippen molar-refractivity contribution in [1.29, 1.82) is 0 Å². The zero-order chi connectivity index (χ0) is 14.3. The zero-order valence-corrected chi connectivity index (χ0v) is 13.5. The quantitative estimate of drug-likeness (QED) is 0.804. The molecule has 0 aromatic heterocycles. The van der Waals surface area contributed by atoms with Gasteiger partial charge < -0.3 is 0 Å². The van der Waals surface area contributed by atoms with Gasteiger partial charge in [-0.1, -0.05) is 51.8 Å². The first kappa shape index (κ1) is 14.1. The van der Waals surface area contributed by atoms with Crippen LogP contribution in [0.3, 0.4) is 0 Å². The van der Waals surface area contributed by atoms with E-state index in [0.717, 1.165) is 15.6 Å². The van der Waals surface area contributed by atoms with Crippen molar-refractivity contribution in [3.05, 3.63) is 63.1 Å². The summed E-state index contributed by atoms with van der Waals surface area (Å²) in [5.41, 5.74) is 2.09. The Morgan fingerprint density at radius 1 is 1.05 bits per heavy atom. The molecule has 0 N–H and O–H groups in total. The second-order valence-corrected chi connectivity index (χ2v) is 7.85. The molecule has 104 valence electrons. The first-order valence-electron chi connectivity index (χ1n) is 6.00. The third kappa shape index (κ3) is 2.39. The molecule has 0 fully saturated rings. The van der Waals surface area contributed by atoms with Crippen LogP contribution in [-0.2, 0) is 23.1 Å². The highest BCUT2D eigenvalue weighted by Crippen LogP contribution is 2.32. The molecule has 6 heteroatoms. The molecule has 0 bridgehead atoms. The van der Waals surface area contributed by atoms with E-state index in [-0.39, 0.29) is 9.92 Å². The van der Waals surface area contributed by atoms with E-state index in [1.807, 2.05) is 24.3 Å². The fraction of sp³-hybridized carbons (Fsp3) is 0.143. The van der Waals surface area contributed by atoms with Gasteiger partial charge in [-0.05, 0) is 29.3 Å². The number of hydrogen-bond acceptors (Lipinski definition) is 2. The predicted octanol–water partition coefficient (Wildman–Crippen LogP) is 3.81. The van der Waals surface area contributed by atoms with E-state index in [4.69, 9.17) is 11.6 Å². The molecular weight excluding hydrogens is 362 g/mol. The number of hydrogen-bond donors (Lipinski definition) is 0. The zero-order valence-electron chi connectivity index (χ0n) is 10.4. The molecule has 0 unspecified atom stereocenters. The van der Waals surface area contributed by atoms with Crippen molar-refractivity contribution >= 4 is 37.6 Å². The number of benzene rings is 2. The Labute approximate surface area is 131 Å². The van der Waals surface area contributed by atoms with E-state index in [1.54, 1.807) is 12.1 Å². The van der Waals surface area contributed by atoms with Crippen LogP contribution in [0.5, 0.6) is 0 Å². The molecule has 0 aliphatic carbocycles. The van der Waals surface area contributed by atoms with Gasteiger partial charge in [0.25, 0.3) is 0 Å². The highest BCUT2D eigenvalue weighted by atomic mass is 79.9. The summed E-state index contributed by atoms with van der Waals surface area (Å²) in [6.45, 7) is 0.787. The molecule has 2 aromatic rings. The number of nitrogens with zero attached hydrogens (tertiary/aromatic N) is 1. The monoisotopic (exact) mass is 371 g/mol. The lowest BCUT2D eigenvalue weighted by Crippen LogP contribution is -2.25. The molecule has 1 aliphatic rings. The first-order chi connectivity index (χ1) is 9.48. The van der Waals surface area contributed by atoms with E-state index in [9.17, 15) is 8.42 Å². The van der Waals surface area contributed by atoms with Gasteiger partial charge in [-0.25, -0.2) is 8.42 Å². The molecular formula is C14H11BrClNO2S. The van der Waals surface area contributed by atoms with Gasteiger partial charge in [0.15, 0.2) is 0 Å². The lowest BCUT2D eigenvalue weighted by molar-refractivity contribution is 0.431. The molecule has 0 atom stereocenters. The predicted molar refractivity (Wildman–Crippen MR) is 82.0 cm³/mol. The normalized spacial score (nSPS) is 15.3. The Hall–Kier alpha value is -0.880. The number of fused-ring (bicyclic) bond motifs is 1. The van der Waals surface area contributed by atoms with Gasteiger partial charge in [0.2, 0.25) is 10.0 Å². The minimum atomic E-state index is -3.57. The molecule has 0 saturated heterocycles. The summed E-state index contributed by atoms with van der Waals surface area (Å²) in [6.07, 6.45) is 0. The van der Waals surface area contributed by atoms with E-state index < -0.39 is 10.0 Å². The van der Waals surface area contributed by atoms with Crippen LogP contribution >= 0.6 is 27.5 Å². The molecule has 20 heavy (non-hydrogen) atoms. The fourth-order valence-electron chi connectivity index (χ4n) is 2.30. The van der Waals surface area contributed by atoms with E-state index in [1.165, 1.54) is 10.4 Å². The van der Waals surface area contributed by atoms with Crippen molar-refractivity contribution in [2.24, 2.45) is 0 Å². The number of halogens is 2. The highest BCUT2D eigenvalue weighted by Gasteiger charge is 2.31. The van der Waals surface area contributed by atoms with Crippen molar-refractivity contribution in [3.63, 3.8) is 0 Å². The SMILES string of the molecule is O=S(=O)(c1ccc(Br)cc1Cl)N1Cc2ccccc2C1. The second kappa shape index (κ2) is 5.15. The van der Waals surface area contributed by atoms with Crippen LogP contribution in [0.15, 0.2) is 51.8 Å². The van der Waals surface area contributed by atoms with E-state index in [0.29, 0.717) is 13.1 Å². The van der Waals surface area contributed by atoms with Gasteiger partial charge in [-0.2, -0.15) is 4.31 Å². The van der Waals surface area contributed by atoms with Gasteiger partial charge in [0.05, 0.1) is 5.02 Å². The van der Waals surface area contributed by atoms with Crippen molar-refractivity contribution in [2.75, 3.05) is 0 Å². The Kier molecular flexibility index (Phi) is 3.62. The Morgan fingerprint density at radius 2 is 1.65 bits per heavy atom. The van der Waals surface area contributed by atoms with Crippen LogP contribution in [0.4, 0.5) is 0 Å². The maximum atomic E-state index is 12.7. The topological polar surface area (TPSA) is 37.4 Å². The largest absolute Gasteiger partial charge is 0.245 e. The number of sulfonamides is 1. The lowest BCUT2D eigenvalue weighted by atomic mass is 10.1. The van der Waals surface area contributed by atoms with Crippen molar-refractivity contribution < 1.29 is 8.42 Å². The van der Waals surface area contributed by atoms with Gasteiger partial charge >= 0.3 is 0 Å². The van der Waals surface area contributed by atoms with Gasteiger partial charge in [-0.15, -0.1) is 0 Å². The fourth-order valence-corrected chi connectivity index (χ4v) is 4.70. The first-order valence-corrected chi connectivity index (χ1v) is 8.61. The third-order valence-electron chi connectivity index (χ3n) is 3.32. The summed E-state index contributed by atoms with van der Waals surface area (Å²) in [6, 6.07) is 12.6. The van der Waals surface area contributed by atoms with E-state index in [2.05, 4.69) is 15.9 Å². The molecule has 0 spiro atoms. The molecule has 0 saturated carbocycles. The average Bonchev–Trinajstić information content (AvgIpc) is 2.82. The molecule has 1 aliphatic heterocycles. The second-order valence-electron chi connectivity index (χ2n) is 4.62. The maximum absolute atomic E-state index is 12.7. The average molecular weight is 373 g/mol. The van der Waals surface area contributed by atoms with E-state index >= 15 is 0 Å². The molecule has 3 nitrogen and oxygen atoms in total. The van der Waals surface area contributed by atoms with Gasteiger partial charge in [0, 0.05) is 17.6 Å². The summed E-state index contributed by atoms with van der Waals surface area (Å²) in [4.78, 5) is 0.148. The van der Waals surface area contributed by atoms with Crippen LogP contribution in [-0.4, -0.2) is 12.7 Å². The molecule has 0 radical (unpaired) electrons. The molecule has 3 rings (SSSR count). The molecule has 0 amide bonds. The summed E-state index contributed by atoms with van der Waals surface area (Å²) in [5.74, 6) is 0. The van der Waals surface area contributed by atoms with Crippen LogP contribution in [0, 0.1) is 0 Å². The summed E-state index contributed by atoms with van der Waals surface area (Å²) in [7, 11) is -3.57. The Bertz CT molecular complexity index is 751. The van der Waals surface area contributed by atoms with Crippen LogP contribution in [0.1, 0.15) is 11.1 Å². The maximum Gasteiger partial charge on any atom is 0.245 e. The summed E-state index contributed by atoms with van der Waals surface area (Å²) >= 11 is 9.34. The molecule has 1 heterocycles. The van der Waals surface area contributed by atoms with Crippen molar-refractivity contribution in [2.45, 2.75) is 18.0 Å². The molecule has 2 aromatic carbocycles. The minimum absolute atomic E-state index is 0.148. The van der Waals surface area contributed by atoms with Crippen LogP contribution < -0.4 is 0 Å². The number of rotatable bonds is 2. The van der Waals surface area contributed by atoms with Crippen LogP contribution in [0.25, 0.3) is 0 Å². The Balaban J connectivity index is 1.99. The summed E-state index contributed by atoms with van der Waals surface area (Å²) in [5, 5.41) is 0.232. The lowest BCUT2D eigenvalue weighted by Gasteiger charge is -2.16. The smallest absolute Gasteiger partial charge is 0.207 e. The highest BCUT2D eigenvalue weighted by molar-refractivity contribution is 9.10. The van der Waals surface area contributed by atoms with Crippen molar-refractivity contribution in [3.8, 4) is 0 Å². The third-order valence-corrected chi connectivity index (χ3v) is 6.09. The minimum Gasteiger partial charge on any atom is -0.207 e. The summed E-state index contributed by atoms with van der Waals surface area (Å²) < 4.78 is 27.5. The van der Waals surface area contributed by atoms with Crippen LogP contribution in [0.2, 0.25) is 5.02 Å². The standard InChI is InChI=1S/C14H11BrClNO2S/c15-12-5-6-14(13(16)7-12)20(18,19)17-8-10-3-1-2-4-11(10)9-17/h1-7H,8-9H2. The Morgan fingerprint density at radius 3 is 2.20 bits per heavy atom. The van der Waals surface area contributed by atoms with Gasteiger partial charge in [0.1, 0.15) is 4.90 Å².